The third-order valence-electron chi connectivity index (χ3n) is 7.75. The minimum absolute atomic E-state index is 0.117. The summed E-state index contributed by atoms with van der Waals surface area (Å²) in [7, 11) is 0. The van der Waals surface area contributed by atoms with Crippen molar-refractivity contribution in [2.75, 3.05) is 6.61 Å². The van der Waals surface area contributed by atoms with Crippen LogP contribution in [0.15, 0.2) is 0 Å². The van der Waals surface area contributed by atoms with E-state index in [1.807, 2.05) is 0 Å². The normalized spacial score (nSPS) is 65.1. The van der Waals surface area contributed by atoms with E-state index in [2.05, 4.69) is 6.92 Å². The Morgan fingerprint density at radius 1 is 1.21 bits per heavy atom. The molecule has 4 saturated carbocycles. The van der Waals surface area contributed by atoms with Gasteiger partial charge in [0.15, 0.2) is 0 Å². The van der Waals surface area contributed by atoms with Gasteiger partial charge in [0.25, 0.3) is 0 Å². The molecule has 0 N–H and O–H groups in total. The molecule has 1 spiro atoms. The lowest BCUT2D eigenvalue weighted by Gasteiger charge is -2.48. The number of hydrogen-bond donors (Lipinski definition) is 1. The van der Waals surface area contributed by atoms with Crippen LogP contribution in [0.1, 0.15) is 32.6 Å². The van der Waals surface area contributed by atoms with E-state index in [-0.39, 0.29) is 11.9 Å². The number of fused-ring (bicyclic) bond motifs is 9. The number of esters is 1. The van der Waals surface area contributed by atoms with E-state index in [9.17, 15) is 4.79 Å². The Balaban J connectivity index is 1.52. The Kier molecular flexibility index (Phi) is 2.02. The summed E-state index contributed by atoms with van der Waals surface area (Å²) < 4.78 is 5.37. The second-order valence-electron chi connectivity index (χ2n) is 8.02. The predicted molar refractivity (Wildman–Crippen MR) is 74.7 cm³/mol. The van der Waals surface area contributed by atoms with Crippen molar-refractivity contribution in [3.63, 3.8) is 0 Å². The van der Waals surface area contributed by atoms with Gasteiger partial charge < -0.3 is 4.74 Å². The highest BCUT2D eigenvalue weighted by Gasteiger charge is 2.71. The lowest BCUT2D eigenvalue weighted by Crippen LogP contribution is -2.45. The van der Waals surface area contributed by atoms with Crippen LogP contribution in [0.3, 0.4) is 0 Å². The molecule has 4 bridgehead atoms. The van der Waals surface area contributed by atoms with Gasteiger partial charge in [-0.2, -0.15) is 12.6 Å². The van der Waals surface area contributed by atoms with Gasteiger partial charge in [-0.25, -0.2) is 0 Å². The monoisotopic (exact) mass is 278 g/mol. The molecule has 5 aliphatic rings. The topological polar surface area (TPSA) is 26.3 Å². The number of hydrogen-bond acceptors (Lipinski definition) is 3. The molecule has 0 aromatic heterocycles. The molecule has 0 radical (unpaired) electrons. The van der Waals surface area contributed by atoms with Crippen LogP contribution in [0.25, 0.3) is 0 Å². The third kappa shape index (κ3) is 1.13. The summed E-state index contributed by atoms with van der Waals surface area (Å²) in [5.74, 6) is 4.88. The van der Waals surface area contributed by atoms with Gasteiger partial charge in [0.2, 0.25) is 0 Å². The maximum Gasteiger partial charge on any atom is 0.309 e. The predicted octanol–water partition coefficient (Wildman–Crippen LogP) is 2.78. The number of thiol groups is 1. The van der Waals surface area contributed by atoms with Crippen LogP contribution in [-0.4, -0.2) is 17.8 Å². The van der Waals surface area contributed by atoms with Gasteiger partial charge in [-0.1, -0.05) is 6.92 Å². The van der Waals surface area contributed by atoms with Crippen molar-refractivity contribution in [2.24, 2.45) is 46.8 Å². The Hall–Kier alpha value is -0.180. The summed E-state index contributed by atoms with van der Waals surface area (Å²) in [5, 5.41) is 0.606. The maximum absolute atomic E-state index is 11.9. The summed E-state index contributed by atoms with van der Waals surface area (Å²) >= 11 is 4.95. The van der Waals surface area contributed by atoms with E-state index < -0.39 is 0 Å². The highest BCUT2D eigenvalue weighted by Crippen LogP contribution is 2.74. The molecule has 3 heteroatoms. The molecule has 5 fully saturated rings. The second kappa shape index (κ2) is 3.35. The standard InChI is InChI=1S/C16H22O2S/c1-7-8-2-12(14(7)19)16(4-8)5-9-3-11(16)10-6-18-15(17)13(9)10/h7-14,19H,2-6H2,1H3. The molecule has 104 valence electrons. The van der Waals surface area contributed by atoms with Crippen molar-refractivity contribution in [2.45, 2.75) is 37.9 Å². The summed E-state index contributed by atoms with van der Waals surface area (Å²) in [6.45, 7) is 3.12. The first-order valence-corrected chi connectivity index (χ1v) is 8.48. The van der Waals surface area contributed by atoms with Crippen LogP contribution in [-0.2, 0) is 9.53 Å². The molecule has 0 aromatic carbocycles. The molecule has 2 nitrogen and oxygen atoms in total. The van der Waals surface area contributed by atoms with Crippen molar-refractivity contribution >= 4 is 18.6 Å². The van der Waals surface area contributed by atoms with Crippen LogP contribution in [0.5, 0.6) is 0 Å². The molecule has 9 unspecified atom stereocenters. The third-order valence-corrected chi connectivity index (χ3v) is 8.58. The summed E-state index contributed by atoms with van der Waals surface area (Å²) in [4.78, 5) is 11.9. The first-order chi connectivity index (χ1) is 9.12. The maximum atomic E-state index is 11.9. The number of rotatable bonds is 0. The molecule has 0 amide bonds. The number of carbonyl (C=O) groups excluding carboxylic acids is 1. The van der Waals surface area contributed by atoms with E-state index >= 15 is 0 Å². The van der Waals surface area contributed by atoms with Crippen LogP contribution in [0.2, 0.25) is 0 Å². The first kappa shape index (κ1) is 11.5. The number of carbonyl (C=O) groups is 1. The molecule has 1 saturated heterocycles. The summed E-state index contributed by atoms with van der Waals surface area (Å²) in [6, 6.07) is 0. The van der Waals surface area contributed by atoms with Gasteiger partial charge in [-0.15, -0.1) is 0 Å². The van der Waals surface area contributed by atoms with Gasteiger partial charge in [0, 0.05) is 11.2 Å². The zero-order valence-corrected chi connectivity index (χ0v) is 12.3. The molecule has 5 rings (SSSR count). The van der Waals surface area contributed by atoms with E-state index in [0.717, 1.165) is 30.3 Å². The molecule has 4 aliphatic carbocycles. The van der Waals surface area contributed by atoms with Gasteiger partial charge >= 0.3 is 5.97 Å². The Bertz CT molecular complexity index is 462. The van der Waals surface area contributed by atoms with Crippen molar-refractivity contribution in [3.8, 4) is 0 Å². The van der Waals surface area contributed by atoms with Crippen LogP contribution >= 0.6 is 12.6 Å². The van der Waals surface area contributed by atoms with E-state index in [0.29, 0.717) is 22.5 Å². The van der Waals surface area contributed by atoms with Crippen LogP contribution in [0.4, 0.5) is 0 Å². The molecule has 1 aliphatic heterocycles. The fourth-order valence-corrected chi connectivity index (χ4v) is 7.75. The van der Waals surface area contributed by atoms with Crippen molar-refractivity contribution in [3.05, 3.63) is 0 Å². The van der Waals surface area contributed by atoms with Crippen LogP contribution < -0.4 is 0 Å². The number of cyclic esters (lactones) is 1. The number of ether oxygens (including phenoxy) is 1. The van der Waals surface area contributed by atoms with Gasteiger partial charge in [0.05, 0.1) is 12.5 Å². The highest BCUT2D eigenvalue weighted by atomic mass is 32.1. The Labute approximate surface area is 120 Å². The van der Waals surface area contributed by atoms with Crippen molar-refractivity contribution in [1.29, 1.82) is 0 Å². The van der Waals surface area contributed by atoms with E-state index in [1.165, 1.54) is 25.7 Å². The lowest BCUT2D eigenvalue weighted by atomic mass is 9.57. The first-order valence-electron chi connectivity index (χ1n) is 7.96. The van der Waals surface area contributed by atoms with Gasteiger partial charge in [-0.3, -0.25) is 4.79 Å². The SMILES string of the molecule is CC1C2CC(C1S)C1(C2)CC2CC1C1COC(=O)C21. The van der Waals surface area contributed by atoms with Gasteiger partial charge in [-0.05, 0) is 60.7 Å². The summed E-state index contributed by atoms with van der Waals surface area (Å²) in [6.07, 6.45) is 5.45. The molecule has 1 heterocycles. The fraction of sp³-hybridized carbons (Fsp3) is 0.938. The smallest absolute Gasteiger partial charge is 0.309 e. The molecular weight excluding hydrogens is 256 g/mol. The van der Waals surface area contributed by atoms with Crippen molar-refractivity contribution < 1.29 is 9.53 Å². The highest BCUT2D eigenvalue weighted by molar-refractivity contribution is 7.81. The molecule has 9 atom stereocenters. The van der Waals surface area contributed by atoms with Gasteiger partial charge in [0.1, 0.15) is 0 Å². The fourth-order valence-electron chi connectivity index (χ4n) is 7.09. The largest absolute Gasteiger partial charge is 0.465 e. The minimum Gasteiger partial charge on any atom is -0.465 e. The Morgan fingerprint density at radius 2 is 1.95 bits per heavy atom. The second-order valence-corrected chi connectivity index (χ2v) is 8.61. The van der Waals surface area contributed by atoms with E-state index in [1.54, 1.807) is 0 Å². The van der Waals surface area contributed by atoms with Crippen molar-refractivity contribution in [1.82, 2.24) is 0 Å². The minimum atomic E-state index is 0.117. The molecule has 19 heavy (non-hydrogen) atoms. The quantitative estimate of drug-likeness (QED) is 0.545. The summed E-state index contributed by atoms with van der Waals surface area (Å²) in [5.41, 5.74) is 0.545. The zero-order valence-electron chi connectivity index (χ0n) is 11.4. The molecular formula is C16H22O2S. The Morgan fingerprint density at radius 3 is 2.68 bits per heavy atom. The van der Waals surface area contributed by atoms with Crippen LogP contribution in [0, 0.1) is 46.8 Å². The molecule has 0 aromatic rings. The lowest BCUT2D eigenvalue weighted by molar-refractivity contribution is -0.142. The van der Waals surface area contributed by atoms with E-state index in [4.69, 9.17) is 17.4 Å². The average Bonchev–Trinajstić information content (AvgIpc) is 3.12. The zero-order chi connectivity index (χ0) is 12.9. The average molecular weight is 278 g/mol.